The van der Waals surface area contributed by atoms with Crippen molar-refractivity contribution in [3.63, 3.8) is 0 Å². The molecule has 142 valence electrons. The molecule has 0 aliphatic heterocycles. The van der Waals surface area contributed by atoms with E-state index in [0.29, 0.717) is 29.8 Å². The topological polar surface area (TPSA) is 49.3 Å². The Kier molecular flexibility index (Phi) is 9.14. The van der Waals surface area contributed by atoms with Crippen LogP contribution in [0.5, 0.6) is 0 Å². The van der Waals surface area contributed by atoms with E-state index in [0.717, 1.165) is 17.7 Å². The van der Waals surface area contributed by atoms with Crippen LogP contribution in [-0.4, -0.2) is 17.5 Å². The third-order valence-corrected chi connectivity index (χ3v) is 3.49. The van der Waals surface area contributed by atoms with Gasteiger partial charge in [0.15, 0.2) is 5.96 Å². The zero-order valence-electron chi connectivity index (χ0n) is 14.0. The molecule has 2 N–H and O–H groups in total. The molecular formula is C17H19ClF3IN4. The van der Waals surface area contributed by atoms with Gasteiger partial charge in [-0.05, 0) is 36.2 Å². The number of halogens is 5. The largest absolute Gasteiger partial charge is 0.416 e. The number of aromatic nitrogens is 1. The summed E-state index contributed by atoms with van der Waals surface area (Å²) in [5.74, 6) is 0.509. The molecule has 0 amide bonds. The van der Waals surface area contributed by atoms with Crippen LogP contribution in [0.15, 0.2) is 47.6 Å². The molecule has 26 heavy (non-hydrogen) atoms. The summed E-state index contributed by atoms with van der Waals surface area (Å²) in [6, 6.07) is 8.69. The van der Waals surface area contributed by atoms with Crippen molar-refractivity contribution < 1.29 is 13.2 Å². The maximum absolute atomic E-state index is 12.8. The fourth-order valence-electron chi connectivity index (χ4n) is 2.06. The van der Waals surface area contributed by atoms with Gasteiger partial charge >= 0.3 is 6.18 Å². The number of hydrogen-bond donors (Lipinski definition) is 2. The van der Waals surface area contributed by atoms with E-state index in [1.54, 1.807) is 18.3 Å². The Morgan fingerprint density at radius 3 is 2.54 bits per heavy atom. The molecule has 0 fully saturated rings. The molecule has 9 heteroatoms. The van der Waals surface area contributed by atoms with Crippen molar-refractivity contribution in [1.29, 1.82) is 0 Å². The van der Waals surface area contributed by atoms with Gasteiger partial charge in [0, 0.05) is 19.3 Å². The minimum Gasteiger partial charge on any atom is -0.357 e. The smallest absolute Gasteiger partial charge is 0.357 e. The van der Waals surface area contributed by atoms with Crippen molar-refractivity contribution in [3.8, 4) is 0 Å². The Hall–Kier alpha value is -1.55. The molecule has 0 atom stereocenters. The summed E-state index contributed by atoms with van der Waals surface area (Å²) >= 11 is 5.73. The first-order valence-electron chi connectivity index (χ1n) is 7.67. The van der Waals surface area contributed by atoms with E-state index in [1.165, 1.54) is 6.07 Å². The van der Waals surface area contributed by atoms with Gasteiger partial charge < -0.3 is 10.6 Å². The molecule has 0 saturated carbocycles. The fraction of sp³-hybridized carbons (Fsp3) is 0.294. The summed E-state index contributed by atoms with van der Waals surface area (Å²) in [5.41, 5.74) is 0.732. The van der Waals surface area contributed by atoms with Gasteiger partial charge in [-0.25, -0.2) is 9.98 Å². The average molecular weight is 499 g/mol. The van der Waals surface area contributed by atoms with Crippen LogP contribution in [0.25, 0.3) is 0 Å². The van der Waals surface area contributed by atoms with E-state index < -0.39 is 11.7 Å². The first kappa shape index (κ1) is 22.5. The van der Waals surface area contributed by atoms with Crippen molar-refractivity contribution in [2.75, 3.05) is 6.54 Å². The zero-order chi connectivity index (χ0) is 18.3. The number of pyridine rings is 1. The van der Waals surface area contributed by atoms with Gasteiger partial charge in [-0.2, -0.15) is 13.2 Å². The lowest BCUT2D eigenvalue weighted by Crippen LogP contribution is -2.36. The van der Waals surface area contributed by atoms with E-state index in [2.05, 4.69) is 20.6 Å². The first-order chi connectivity index (χ1) is 11.9. The van der Waals surface area contributed by atoms with E-state index in [9.17, 15) is 13.2 Å². The maximum atomic E-state index is 12.8. The highest BCUT2D eigenvalue weighted by Crippen LogP contribution is 2.29. The van der Waals surface area contributed by atoms with Crippen molar-refractivity contribution >= 4 is 41.5 Å². The number of alkyl halides is 3. The standard InChI is InChI=1S/C17H18ClF3N4.HI/c1-2-22-16(25-11-13-6-7-15(18)23-10-13)24-9-12-4-3-5-14(8-12)17(19,20)21;/h3-8,10H,2,9,11H2,1H3,(H2,22,24,25);1H. The molecule has 2 rings (SSSR count). The number of rotatable bonds is 5. The van der Waals surface area contributed by atoms with Crippen molar-refractivity contribution in [3.05, 3.63) is 64.4 Å². The van der Waals surface area contributed by atoms with Gasteiger partial charge in [-0.15, -0.1) is 24.0 Å². The summed E-state index contributed by atoms with van der Waals surface area (Å²) in [6.07, 6.45) is -2.72. The molecule has 1 aromatic carbocycles. The number of benzene rings is 1. The summed E-state index contributed by atoms with van der Waals surface area (Å²) in [6.45, 7) is 3.15. The van der Waals surface area contributed by atoms with Crippen LogP contribution in [0.4, 0.5) is 13.2 Å². The quantitative estimate of drug-likeness (QED) is 0.274. The van der Waals surface area contributed by atoms with E-state index >= 15 is 0 Å². The average Bonchev–Trinajstić information content (AvgIpc) is 2.58. The second-order valence-electron chi connectivity index (χ2n) is 5.24. The maximum Gasteiger partial charge on any atom is 0.416 e. The summed E-state index contributed by atoms with van der Waals surface area (Å²) in [5, 5.41) is 6.48. The van der Waals surface area contributed by atoms with E-state index in [1.807, 2.05) is 13.0 Å². The van der Waals surface area contributed by atoms with Crippen LogP contribution in [0.2, 0.25) is 5.15 Å². The van der Waals surface area contributed by atoms with Crippen molar-refractivity contribution in [2.24, 2.45) is 4.99 Å². The third-order valence-electron chi connectivity index (χ3n) is 3.27. The minimum absolute atomic E-state index is 0. The molecule has 1 heterocycles. The zero-order valence-corrected chi connectivity index (χ0v) is 17.1. The second-order valence-corrected chi connectivity index (χ2v) is 5.62. The predicted molar refractivity (Wildman–Crippen MR) is 108 cm³/mol. The lowest BCUT2D eigenvalue weighted by molar-refractivity contribution is -0.137. The third kappa shape index (κ3) is 7.36. The van der Waals surface area contributed by atoms with Crippen LogP contribution in [0, 0.1) is 0 Å². The Morgan fingerprint density at radius 2 is 1.92 bits per heavy atom. The minimum atomic E-state index is -4.35. The van der Waals surface area contributed by atoms with Gasteiger partial charge in [-0.1, -0.05) is 29.8 Å². The number of guanidine groups is 1. The normalized spacial score (nSPS) is 11.7. The van der Waals surface area contributed by atoms with Gasteiger partial charge in [0.1, 0.15) is 5.15 Å². The van der Waals surface area contributed by atoms with Crippen LogP contribution in [0.3, 0.4) is 0 Å². The summed E-state index contributed by atoms with van der Waals surface area (Å²) in [4.78, 5) is 8.37. The molecule has 0 aliphatic rings. The molecule has 0 radical (unpaired) electrons. The molecule has 4 nitrogen and oxygen atoms in total. The Morgan fingerprint density at radius 1 is 1.15 bits per heavy atom. The highest BCUT2D eigenvalue weighted by atomic mass is 127. The molecule has 2 aromatic rings. The monoisotopic (exact) mass is 498 g/mol. The number of nitrogens with one attached hydrogen (secondary N) is 2. The summed E-state index contributed by atoms with van der Waals surface area (Å²) < 4.78 is 38.3. The number of nitrogens with zero attached hydrogens (tertiary/aromatic N) is 2. The Bertz CT molecular complexity index is 721. The first-order valence-corrected chi connectivity index (χ1v) is 8.05. The summed E-state index contributed by atoms with van der Waals surface area (Å²) in [7, 11) is 0. The molecule has 0 unspecified atom stereocenters. The predicted octanol–water partition coefficient (Wildman–Crippen LogP) is 4.63. The highest BCUT2D eigenvalue weighted by Gasteiger charge is 2.30. The van der Waals surface area contributed by atoms with Crippen LogP contribution in [-0.2, 0) is 19.3 Å². The molecular weight excluding hydrogens is 480 g/mol. The van der Waals surface area contributed by atoms with Gasteiger partial charge in [0.2, 0.25) is 0 Å². The van der Waals surface area contributed by atoms with Crippen LogP contribution >= 0.6 is 35.6 Å². The Balaban J connectivity index is 0.00000338. The molecule has 1 aromatic heterocycles. The van der Waals surface area contributed by atoms with E-state index in [4.69, 9.17) is 11.6 Å². The molecule has 0 aliphatic carbocycles. The molecule has 0 bridgehead atoms. The van der Waals surface area contributed by atoms with Crippen LogP contribution < -0.4 is 10.6 Å². The highest BCUT2D eigenvalue weighted by molar-refractivity contribution is 14.0. The van der Waals surface area contributed by atoms with Crippen molar-refractivity contribution in [1.82, 2.24) is 15.6 Å². The van der Waals surface area contributed by atoms with Gasteiger partial charge in [-0.3, -0.25) is 0 Å². The number of aliphatic imine (C=N–C) groups is 1. The second kappa shape index (κ2) is 10.6. The molecule has 0 spiro atoms. The lowest BCUT2D eigenvalue weighted by Gasteiger charge is -2.13. The SMILES string of the molecule is CCNC(=NCc1ccc(Cl)nc1)NCc1cccc(C(F)(F)F)c1.I. The van der Waals surface area contributed by atoms with Gasteiger partial charge in [0.05, 0.1) is 12.1 Å². The lowest BCUT2D eigenvalue weighted by atomic mass is 10.1. The Labute approximate surface area is 172 Å². The van der Waals surface area contributed by atoms with E-state index in [-0.39, 0.29) is 30.5 Å². The number of hydrogen-bond acceptors (Lipinski definition) is 2. The fourth-order valence-corrected chi connectivity index (χ4v) is 2.17. The molecule has 0 saturated heterocycles. The van der Waals surface area contributed by atoms with Crippen LogP contribution in [0.1, 0.15) is 23.6 Å². The van der Waals surface area contributed by atoms with Gasteiger partial charge in [0.25, 0.3) is 0 Å². The van der Waals surface area contributed by atoms with Crippen molar-refractivity contribution in [2.45, 2.75) is 26.2 Å².